The molecule has 1 aromatic carbocycles. The van der Waals surface area contributed by atoms with Gasteiger partial charge in [0.1, 0.15) is 5.75 Å². The first kappa shape index (κ1) is 11.9. The molecule has 0 atom stereocenters. The van der Waals surface area contributed by atoms with Crippen LogP contribution in [0.25, 0.3) is 5.69 Å². The Hall–Kier alpha value is -1.55. The smallest absolute Gasteiger partial charge is 0.138 e. The average Bonchev–Trinajstić information content (AvgIpc) is 2.67. The SMILES string of the molecule is Cc1cn(-c2ccc(OC(C)C)c(Cl)c2)nn1. The lowest BCUT2D eigenvalue weighted by Crippen LogP contribution is -2.06. The number of halogens is 1. The third kappa shape index (κ3) is 2.77. The highest BCUT2D eigenvalue weighted by Crippen LogP contribution is 2.27. The van der Waals surface area contributed by atoms with Crippen molar-refractivity contribution in [3.05, 3.63) is 35.1 Å². The Morgan fingerprint density at radius 2 is 2.12 bits per heavy atom. The molecule has 0 fully saturated rings. The summed E-state index contributed by atoms with van der Waals surface area (Å²) in [6, 6.07) is 5.56. The first-order valence-corrected chi connectivity index (χ1v) is 5.79. The molecular weight excluding hydrogens is 238 g/mol. The number of hydrogen-bond acceptors (Lipinski definition) is 3. The van der Waals surface area contributed by atoms with E-state index in [1.807, 2.05) is 45.2 Å². The van der Waals surface area contributed by atoms with Crippen molar-refractivity contribution >= 4 is 11.6 Å². The quantitative estimate of drug-likeness (QED) is 0.842. The molecule has 1 aromatic heterocycles. The van der Waals surface area contributed by atoms with Gasteiger partial charge in [-0.3, -0.25) is 0 Å². The fourth-order valence-electron chi connectivity index (χ4n) is 1.46. The Labute approximate surface area is 105 Å². The van der Waals surface area contributed by atoms with Crippen molar-refractivity contribution in [2.24, 2.45) is 0 Å². The van der Waals surface area contributed by atoms with Crippen LogP contribution >= 0.6 is 11.6 Å². The average molecular weight is 252 g/mol. The molecule has 5 heteroatoms. The van der Waals surface area contributed by atoms with Gasteiger partial charge in [-0.2, -0.15) is 0 Å². The van der Waals surface area contributed by atoms with Gasteiger partial charge in [0, 0.05) is 0 Å². The number of hydrogen-bond donors (Lipinski definition) is 0. The molecule has 0 aliphatic heterocycles. The predicted octanol–water partition coefficient (Wildman–Crippen LogP) is 3.02. The molecular formula is C12H14ClN3O. The van der Waals surface area contributed by atoms with Gasteiger partial charge < -0.3 is 4.74 Å². The van der Waals surface area contributed by atoms with E-state index in [4.69, 9.17) is 16.3 Å². The van der Waals surface area contributed by atoms with Crippen LogP contribution in [0.4, 0.5) is 0 Å². The molecule has 1 heterocycles. The predicted molar refractivity (Wildman–Crippen MR) is 66.9 cm³/mol. The van der Waals surface area contributed by atoms with Gasteiger partial charge >= 0.3 is 0 Å². The topological polar surface area (TPSA) is 39.9 Å². The summed E-state index contributed by atoms with van der Waals surface area (Å²) in [5.41, 5.74) is 1.73. The molecule has 2 rings (SSSR count). The zero-order valence-electron chi connectivity index (χ0n) is 10.0. The minimum Gasteiger partial charge on any atom is -0.489 e. The third-order valence-electron chi connectivity index (χ3n) is 2.15. The lowest BCUT2D eigenvalue weighted by Gasteiger charge is -2.12. The minimum absolute atomic E-state index is 0.104. The first-order valence-electron chi connectivity index (χ1n) is 5.42. The highest BCUT2D eigenvalue weighted by molar-refractivity contribution is 6.32. The minimum atomic E-state index is 0.104. The molecule has 0 saturated carbocycles. The van der Waals surface area contributed by atoms with Crippen LogP contribution in [0.3, 0.4) is 0 Å². The van der Waals surface area contributed by atoms with Gasteiger partial charge in [0.2, 0.25) is 0 Å². The van der Waals surface area contributed by atoms with Crippen molar-refractivity contribution in [1.82, 2.24) is 15.0 Å². The van der Waals surface area contributed by atoms with Crippen molar-refractivity contribution in [2.45, 2.75) is 26.9 Å². The molecule has 0 saturated heterocycles. The fraction of sp³-hybridized carbons (Fsp3) is 0.333. The maximum absolute atomic E-state index is 6.14. The largest absolute Gasteiger partial charge is 0.489 e. The van der Waals surface area contributed by atoms with Gasteiger partial charge in [0.05, 0.1) is 28.7 Å². The summed E-state index contributed by atoms with van der Waals surface area (Å²) in [6.45, 7) is 5.82. The number of ether oxygens (including phenoxy) is 1. The summed E-state index contributed by atoms with van der Waals surface area (Å²) in [7, 11) is 0. The number of benzene rings is 1. The van der Waals surface area contributed by atoms with E-state index in [2.05, 4.69) is 10.3 Å². The Morgan fingerprint density at radius 1 is 1.35 bits per heavy atom. The molecule has 4 nitrogen and oxygen atoms in total. The maximum atomic E-state index is 6.14. The van der Waals surface area contributed by atoms with Gasteiger partial charge in [-0.05, 0) is 39.0 Å². The van der Waals surface area contributed by atoms with Crippen LogP contribution in [0.15, 0.2) is 24.4 Å². The Bertz CT molecular complexity index is 522. The van der Waals surface area contributed by atoms with Crippen molar-refractivity contribution in [3.8, 4) is 11.4 Å². The lowest BCUT2D eigenvalue weighted by molar-refractivity contribution is 0.242. The van der Waals surface area contributed by atoms with Crippen LogP contribution in [0.2, 0.25) is 5.02 Å². The highest BCUT2D eigenvalue weighted by atomic mass is 35.5. The van der Waals surface area contributed by atoms with E-state index in [0.717, 1.165) is 11.4 Å². The summed E-state index contributed by atoms with van der Waals surface area (Å²) in [5, 5.41) is 8.49. The lowest BCUT2D eigenvalue weighted by atomic mass is 10.3. The van der Waals surface area contributed by atoms with Crippen LogP contribution in [0.5, 0.6) is 5.75 Å². The van der Waals surface area contributed by atoms with Crippen LogP contribution in [0.1, 0.15) is 19.5 Å². The normalized spacial score (nSPS) is 10.9. The Balaban J connectivity index is 2.30. The van der Waals surface area contributed by atoms with Crippen molar-refractivity contribution in [1.29, 1.82) is 0 Å². The Kier molecular flexibility index (Phi) is 3.33. The molecule has 0 aliphatic carbocycles. The number of nitrogens with zero attached hydrogens (tertiary/aromatic N) is 3. The summed E-state index contributed by atoms with van der Waals surface area (Å²) < 4.78 is 7.24. The molecule has 0 amide bonds. The molecule has 0 bridgehead atoms. The zero-order valence-corrected chi connectivity index (χ0v) is 10.8. The van der Waals surface area contributed by atoms with E-state index in [0.29, 0.717) is 10.8 Å². The van der Waals surface area contributed by atoms with E-state index in [-0.39, 0.29) is 6.10 Å². The van der Waals surface area contributed by atoms with Gasteiger partial charge in [-0.1, -0.05) is 16.8 Å². The molecule has 17 heavy (non-hydrogen) atoms. The van der Waals surface area contributed by atoms with Crippen LogP contribution < -0.4 is 4.74 Å². The molecule has 0 unspecified atom stereocenters. The number of rotatable bonds is 3. The molecule has 90 valence electrons. The summed E-state index contributed by atoms with van der Waals surface area (Å²) >= 11 is 6.14. The fourth-order valence-corrected chi connectivity index (χ4v) is 1.67. The molecule has 0 N–H and O–H groups in total. The number of aromatic nitrogens is 3. The standard InChI is InChI=1S/C12H14ClN3O/c1-8(2)17-12-5-4-10(6-11(12)13)16-7-9(3)14-15-16/h4-8H,1-3H3. The summed E-state index contributed by atoms with van der Waals surface area (Å²) in [4.78, 5) is 0. The van der Waals surface area contributed by atoms with Crippen molar-refractivity contribution in [2.75, 3.05) is 0 Å². The van der Waals surface area contributed by atoms with E-state index >= 15 is 0 Å². The second kappa shape index (κ2) is 4.75. The van der Waals surface area contributed by atoms with Crippen LogP contribution in [0, 0.1) is 6.92 Å². The monoisotopic (exact) mass is 251 g/mol. The van der Waals surface area contributed by atoms with Crippen LogP contribution in [-0.2, 0) is 0 Å². The van der Waals surface area contributed by atoms with E-state index in [1.54, 1.807) is 4.68 Å². The summed E-state index contributed by atoms with van der Waals surface area (Å²) in [5.74, 6) is 0.683. The number of aryl methyl sites for hydroxylation is 1. The highest BCUT2D eigenvalue weighted by Gasteiger charge is 2.07. The van der Waals surface area contributed by atoms with Crippen molar-refractivity contribution < 1.29 is 4.74 Å². The molecule has 0 spiro atoms. The second-order valence-electron chi connectivity index (χ2n) is 4.09. The molecule has 0 aliphatic rings. The van der Waals surface area contributed by atoms with Gasteiger partial charge in [-0.25, -0.2) is 4.68 Å². The second-order valence-corrected chi connectivity index (χ2v) is 4.49. The third-order valence-corrected chi connectivity index (χ3v) is 2.45. The Morgan fingerprint density at radius 3 is 2.65 bits per heavy atom. The van der Waals surface area contributed by atoms with Crippen molar-refractivity contribution in [3.63, 3.8) is 0 Å². The maximum Gasteiger partial charge on any atom is 0.138 e. The zero-order chi connectivity index (χ0) is 12.4. The van der Waals surface area contributed by atoms with Crippen LogP contribution in [-0.4, -0.2) is 21.1 Å². The van der Waals surface area contributed by atoms with E-state index in [1.165, 1.54) is 0 Å². The molecule has 0 radical (unpaired) electrons. The molecule has 2 aromatic rings. The van der Waals surface area contributed by atoms with E-state index < -0.39 is 0 Å². The van der Waals surface area contributed by atoms with Gasteiger partial charge in [0.25, 0.3) is 0 Å². The van der Waals surface area contributed by atoms with Gasteiger partial charge in [-0.15, -0.1) is 5.10 Å². The van der Waals surface area contributed by atoms with Gasteiger partial charge in [0.15, 0.2) is 0 Å². The summed E-state index contributed by atoms with van der Waals surface area (Å²) in [6.07, 6.45) is 1.95. The first-order chi connectivity index (χ1) is 8.06. The van der Waals surface area contributed by atoms with E-state index in [9.17, 15) is 0 Å².